The molecule has 0 heterocycles. The van der Waals surface area contributed by atoms with E-state index in [4.69, 9.17) is 0 Å². The van der Waals surface area contributed by atoms with Crippen molar-refractivity contribution in [2.45, 2.75) is 25.3 Å². The molecule has 19 heavy (non-hydrogen) atoms. The summed E-state index contributed by atoms with van der Waals surface area (Å²) in [5, 5.41) is -0.814. The summed E-state index contributed by atoms with van der Waals surface area (Å²) >= 11 is 0. The number of hydrogen-bond donors (Lipinski definition) is 1. The van der Waals surface area contributed by atoms with Gasteiger partial charge in [-0.1, -0.05) is 0 Å². The molecule has 0 fully saturated rings. The van der Waals surface area contributed by atoms with Gasteiger partial charge in [-0.05, 0) is 38.1 Å². The predicted molar refractivity (Wildman–Crippen MR) is 63.0 cm³/mol. The molecule has 0 bridgehead atoms. The average Bonchev–Trinajstić information content (AvgIpc) is 2.27. The largest absolute Gasteiger partial charge is 0.416 e. The van der Waals surface area contributed by atoms with Crippen molar-refractivity contribution < 1.29 is 26.4 Å². The SMILES string of the molecule is CC(C)S(=O)(=O)NC(=O)c1ccc(C(F)(F)F)cc1. The van der Waals surface area contributed by atoms with Crippen LogP contribution in [0.25, 0.3) is 0 Å². The van der Waals surface area contributed by atoms with Gasteiger partial charge < -0.3 is 0 Å². The van der Waals surface area contributed by atoms with Crippen LogP contribution in [0.1, 0.15) is 29.8 Å². The van der Waals surface area contributed by atoms with Crippen molar-refractivity contribution in [2.24, 2.45) is 0 Å². The lowest BCUT2D eigenvalue weighted by atomic mass is 10.1. The topological polar surface area (TPSA) is 63.2 Å². The molecule has 0 spiro atoms. The van der Waals surface area contributed by atoms with Gasteiger partial charge in [0.1, 0.15) is 0 Å². The molecule has 0 aliphatic heterocycles. The Labute approximate surface area is 108 Å². The molecule has 4 nitrogen and oxygen atoms in total. The van der Waals surface area contributed by atoms with Gasteiger partial charge in [-0.3, -0.25) is 4.79 Å². The first-order chi connectivity index (χ1) is 8.54. The highest BCUT2D eigenvalue weighted by atomic mass is 32.2. The fraction of sp³-hybridized carbons (Fsp3) is 0.364. The Balaban J connectivity index is 2.91. The Morgan fingerprint density at radius 1 is 1.16 bits per heavy atom. The number of sulfonamides is 1. The molecule has 0 radical (unpaired) electrons. The van der Waals surface area contributed by atoms with Crippen molar-refractivity contribution in [1.29, 1.82) is 0 Å². The van der Waals surface area contributed by atoms with Crippen LogP contribution in [-0.2, 0) is 16.2 Å². The highest BCUT2D eigenvalue weighted by Gasteiger charge is 2.30. The van der Waals surface area contributed by atoms with Gasteiger partial charge in [0.2, 0.25) is 10.0 Å². The Hall–Kier alpha value is -1.57. The molecule has 1 aromatic carbocycles. The first kappa shape index (κ1) is 15.5. The molecule has 0 aromatic heterocycles. The second-order valence-electron chi connectivity index (χ2n) is 4.10. The number of carbonyl (C=O) groups excluding carboxylic acids is 1. The molecule has 0 unspecified atom stereocenters. The summed E-state index contributed by atoms with van der Waals surface area (Å²) in [5.74, 6) is -0.956. The Morgan fingerprint density at radius 2 is 1.63 bits per heavy atom. The minimum absolute atomic E-state index is 0.155. The lowest BCUT2D eigenvalue weighted by molar-refractivity contribution is -0.137. The number of benzene rings is 1. The van der Waals surface area contributed by atoms with Gasteiger partial charge in [-0.25, -0.2) is 13.1 Å². The van der Waals surface area contributed by atoms with Gasteiger partial charge >= 0.3 is 6.18 Å². The maximum Gasteiger partial charge on any atom is 0.416 e. The van der Waals surface area contributed by atoms with Crippen molar-refractivity contribution in [1.82, 2.24) is 4.72 Å². The number of halogens is 3. The molecule has 0 saturated heterocycles. The number of hydrogen-bond acceptors (Lipinski definition) is 3. The second kappa shape index (κ2) is 5.20. The van der Waals surface area contributed by atoms with Gasteiger partial charge in [0, 0.05) is 5.56 Å². The number of amides is 1. The van der Waals surface area contributed by atoms with E-state index in [-0.39, 0.29) is 5.56 Å². The van der Waals surface area contributed by atoms with Crippen molar-refractivity contribution >= 4 is 15.9 Å². The zero-order chi connectivity index (χ0) is 14.8. The molecular weight excluding hydrogens is 283 g/mol. The first-order valence-electron chi connectivity index (χ1n) is 5.27. The van der Waals surface area contributed by atoms with Crippen LogP contribution >= 0.6 is 0 Å². The summed E-state index contributed by atoms with van der Waals surface area (Å²) in [4.78, 5) is 11.6. The third kappa shape index (κ3) is 3.95. The summed E-state index contributed by atoms with van der Waals surface area (Å²) in [6.07, 6.45) is -4.50. The van der Waals surface area contributed by atoms with E-state index in [0.29, 0.717) is 0 Å². The standard InChI is InChI=1S/C11H12F3NO3S/c1-7(2)19(17,18)15-10(16)8-3-5-9(6-4-8)11(12,13)14/h3-7H,1-2H3,(H,15,16). The molecular formula is C11H12F3NO3S. The highest BCUT2D eigenvalue weighted by molar-refractivity contribution is 7.90. The van der Waals surface area contributed by atoms with Crippen LogP contribution in [0.4, 0.5) is 13.2 Å². The molecule has 0 aliphatic rings. The minimum Gasteiger partial charge on any atom is -0.268 e. The summed E-state index contributed by atoms with van der Waals surface area (Å²) in [6, 6.07) is 3.29. The second-order valence-corrected chi connectivity index (χ2v) is 6.34. The quantitative estimate of drug-likeness (QED) is 0.929. The monoisotopic (exact) mass is 295 g/mol. The molecule has 0 aliphatic carbocycles. The van der Waals surface area contributed by atoms with Gasteiger partial charge in [-0.15, -0.1) is 0 Å². The van der Waals surface area contributed by atoms with E-state index in [1.807, 2.05) is 0 Å². The normalized spacial score (nSPS) is 12.5. The van der Waals surface area contributed by atoms with Crippen LogP contribution in [0.3, 0.4) is 0 Å². The Kier molecular flexibility index (Phi) is 4.24. The molecule has 0 atom stereocenters. The first-order valence-corrected chi connectivity index (χ1v) is 6.82. The fourth-order valence-electron chi connectivity index (χ4n) is 1.12. The van der Waals surface area contributed by atoms with E-state index in [2.05, 4.69) is 0 Å². The molecule has 0 saturated carbocycles. The van der Waals surface area contributed by atoms with Crippen molar-refractivity contribution in [3.05, 3.63) is 35.4 Å². The van der Waals surface area contributed by atoms with Crippen LogP contribution in [-0.4, -0.2) is 19.6 Å². The van der Waals surface area contributed by atoms with Gasteiger partial charge in [-0.2, -0.15) is 13.2 Å². The zero-order valence-electron chi connectivity index (χ0n) is 10.2. The lowest BCUT2D eigenvalue weighted by Gasteiger charge is -2.10. The third-order valence-electron chi connectivity index (χ3n) is 2.33. The van der Waals surface area contributed by atoms with Gasteiger partial charge in [0.25, 0.3) is 5.91 Å². The van der Waals surface area contributed by atoms with Crippen molar-refractivity contribution in [3.63, 3.8) is 0 Å². The lowest BCUT2D eigenvalue weighted by Crippen LogP contribution is -2.35. The molecule has 1 amide bonds. The van der Waals surface area contributed by atoms with Gasteiger partial charge in [0.05, 0.1) is 10.8 Å². The van der Waals surface area contributed by atoms with E-state index in [1.54, 1.807) is 4.72 Å². The van der Waals surface area contributed by atoms with Gasteiger partial charge in [0.15, 0.2) is 0 Å². The molecule has 1 rings (SSSR count). The number of alkyl halides is 3. The average molecular weight is 295 g/mol. The number of carbonyl (C=O) groups is 1. The summed E-state index contributed by atoms with van der Waals surface area (Å²) in [6.45, 7) is 2.75. The van der Waals surface area contributed by atoms with Crippen molar-refractivity contribution in [2.75, 3.05) is 0 Å². The van der Waals surface area contributed by atoms with E-state index in [0.717, 1.165) is 24.3 Å². The maximum absolute atomic E-state index is 12.3. The number of rotatable bonds is 3. The van der Waals surface area contributed by atoms with Crippen molar-refractivity contribution in [3.8, 4) is 0 Å². The predicted octanol–water partition coefficient (Wildman–Crippen LogP) is 2.17. The van der Waals surface area contributed by atoms with Crippen LogP contribution in [0, 0.1) is 0 Å². The Morgan fingerprint density at radius 3 is 2.00 bits per heavy atom. The maximum atomic E-state index is 12.3. The Bertz CT molecular complexity index is 562. The molecule has 8 heteroatoms. The van der Waals surface area contributed by atoms with Crippen LogP contribution in [0.2, 0.25) is 0 Å². The smallest absolute Gasteiger partial charge is 0.268 e. The minimum atomic E-state index is -4.50. The van der Waals surface area contributed by atoms with Crippen LogP contribution in [0.5, 0.6) is 0 Å². The highest BCUT2D eigenvalue weighted by Crippen LogP contribution is 2.29. The zero-order valence-corrected chi connectivity index (χ0v) is 11.0. The molecule has 106 valence electrons. The third-order valence-corrected chi connectivity index (χ3v) is 4.04. The summed E-state index contributed by atoms with van der Waals surface area (Å²) in [5.41, 5.74) is -1.06. The van der Waals surface area contributed by atoms with E-state index < -0.39 is 32.9 Å². The van der Waals surface area contributed by atoms with E-state index >= 15 is 0 Å². The van der Waals surface area contributed by atoms with E-state index in [1.165, 1.54) is 13.8 Å². The van der Waals surface area contributed by atoms with Crippen LogP contribution in [0.15, 0.2) is 24.3 Å². The van der Waals surface area contributed by atoms with E-state index in [9.17, 15) is 26.4 Å². The van der Waals surface area contributed by atoms with Crippen LogP contribution < -0.4 is 4.72 Å². The molecule has 1 N–H and O–H groups in total. The molecule has 1 aromatic rings. The summed E-state index contributed by atoms with van der Waals surface area (Å²) < 4.78 is 61.5. The fourth-order valence-corrected chi connectivity index (χ4v) is 1.73. The number of nitrogens with one attached hydrogen (secondary N) is 1. The summed E-state index contributed by atoms with van der Waals surface area (Å²) in [7, 11) is -3.81.